The van der Waals surface area contributed by atoms with Gasteiger partial charge < -0.3 is 33.5 Å². The van der Waals surface area contributed by atoms with Crippen molar-refractivity contribution in [2.45, 2.75) is 13.1 Å². The standard InChI is InChI=1S/C42H44N4O8/c1-51-36-13-12-32(22-38(36)53-29-41(50)46-20-16-44(17-21-46)27-31-10-6-3-7-11-31)37-25-35(48)42-34(47)23-33(24-39(42)54-37)52-28-40(49)45-18-14-43(15-19-45)26-30-8-4-2-5-9-30/h2-13,22-25,47H,14-21,26-29H2,1H3. The van der Waals surface area contributed by atoms with Gasteiger partial charge in [-0.2, -0.15) is 0 Å². The lowest BCUT2D eigenvalue weighted by molar-refractivity contribution is -0.135. The Morgan fingerprint density at radius 2 is 1.22 bits per heavy atom. The summed E-state index contributed by atoms with van der Waals surface area (Å²) < 4.78 is 23.4. The van der Waals surface area contributed by atoms with Crippen molar-refractivity contribution in [1.29, 1.82) is 0 Å². The SMILES string of the molecule is COc1ccc(-c2cc(=O)c3c(O)cc(OCC(=O)N4CCN(Cc5ccccc5)CC4)cc3o2)cc1OCC(=O)N1CCN(Cc2ccccc2)CC1. The van der Waals surface area contributed by atoms with Gasteiger partial charge >= 0.3 is 0 Å². The first-order valence-electron chi connectivity index (χ1n) is 18.2. The highest BCUT2D eigenvalue weighted by Crippen LogP contribution is 2.35. The molecular formula is C42H44N4O8. The number of methoxy groups -OCH3 is 1. The van der Waals surface area contributed by atoms with Crippen molar-refractivity contribution < 1.29 is 33.3 Å². The van der Waals surface area contributed by atoms with Gasteiger partial charge in [0.25, 0.3) is 11.8 Å². The van der Waals surface area contributed by atoms with Crippen LogP contribution < -0.4 is 19.6 Å². The van der Waals surface area contributed by atoms with E-state index in [9.17, 15) is 19.5 Å². The number of hydrogen-bond donors (Lipinski definition) is 1. The number of hydrogen-bond acceptors (Lipinski definition) is 10. The van der Waals surface area contributed by atoms with Gasteiger partial charge in [-0.1, -0.05) is 60.7 Å². The first-order valence-corrected chi connectivity index (χ1v) is 18.2. The van der Waals surface area contributed by atoms with E-state index in [0.29, 0.717) is 43.2 Å². The Balaban J connectivity index is 0.971. The quantitative estimate of drug-likeness (QED) is 0.194. The Labute approximate surface area is 313 Å². The number of carbonyl (C=O) groups excluding carboxylic acids is 2. The van der Waals surface area contributed by atoms with Crippen molar-refractivity contribution >= 4 is 22.8 Å². The zero-order chi connectivity index (χ0) is 37.4. The van der Waals surface area contributed by atoms with Crippen LogP contribution in [0, 0.1) is 0 Å². The number of carbonyl (C=O) groups is 2. The van der Waals surface area contributed by atoms with E-state index in [1.807, 2.05) is 36.4 Å². The van der Waals surface area contributed by atoms with Gasteiger partial charge in [0.05, 0.1) is 7.11 Å². The molecule has 12 heteroatoms. The Kier molecular flexibility index (Phi) is 11.4. The van der Waals surface area contributed by atoms with Gasteiger partial charge in [-0.3, -0.25) is 24.2 Å². The van der Waals surface area contributed by atoms with Gasteiger partial charge in [-0.05, 0) is 29.3 Å². The van der Waals surface area contributed by atoms with Crippen LogP contribution in [0.25, 0.3) is 22.3 Å². The molecule has 1 aromatic heterocycles. The summed E-state index contributed by atoms with van der Waals surface area (Å²) >= 11 is 0. The Hall–Kier alpha value is -5.85. The molecule has 2 amide bonds. The normalized spacial score (nSPS) is 15.3. The summed E-state index contributed by atoms with van der Waals surface area (Å²) in [6, 6.07) is 29.6. The fraction of sp³-hybridized carbons (Fsp3) is 0.310. The molecule has 0 atom stereocenters. The Morgan fingerprint density at radius 1 is 0.667 bits per heavy atom. The summed E-state index contributed by atoms with van der Waals surface area (Å²) in [4.78, 5) is 47.6. The van der Waals surface area contributed by atoms with Crippen molar-refractivity contribution in [1.82, 2.24) is 19.6 Å². The number of phenols is 1. The molecule has 0 bridgehead atoms. The summed E-state index contributed by atoms with van der Waals surface area (Å²) in [6.07, 6.45) is 0. The van der Waals surface area contributed by atoms with E-state index < -0.39 is 5.43 Å². The van der Waals surface area contributed by atoms with Crippen LogP contribution in [0.4, 0.5) is 0 Å². The van der Waals surface area contributed by atoms with Crippen LogP contribution in [0.1, 0.15) is 11.1 Å². The second-order valence-corrected chi connectivity index (χ2v) is 13.5. The molecule has 54 heavy (non-hydrogen) atoms. The molecule has 2 saturated heterocycles. The lowest BCUT2D eigenvalue weighted by atomic mass is 10.1. The van der Waals surface area contributed by atoms with Crippen LogP contribution in [-0.4, -0.2) is 109 Å². The lowest BCUT2D eigenvalue weighted by Crippen LogP contribution is -2.49. The van der Waals surface area contributed by atoms with E-state index in [4.69, 9.17) is 18.6 Å². The number of ether oxygens (including phenoxy) is 3. The first-order chi connectivity index (χ1) is 26.3. The molecule has 0 spiro atoms. The largest absolute Gasteiger partial charge is 0.507 e. The van der Waals surface area contributed by atoms with Crippen LogP contribution >= 0.6 is 0 Å². The lowest BCUT2D eigenvalue weighted by Gasteiger charge is -2.34. The maximum atomic E-state index is 13.2. The van der Waals surface area contributed by atoms with Crippen LogP contribution in [0.5, 0.6) is 23.0 Å². The molecule has 0 saturated carbocycles. The molecular weight excluding hydrogens is 688 g/mol. The van der Waals surface area contributed by atoms with Crippen LogP contribution in [-0.2, 0) is 22.7 Å². The first kappa shape index (κ1) is 36.5. The van der Waals surface area contributed by atoms with Crippen molar-refractivity contribution in [3.05, 3.63) is 118 Å². The Morgan fingerprint density at radius 3 is 1.78 bits per heavy atom. The van der Waals surface area contributed by atoms with Gasteiger partial charge in [-0.15, -0.1) is 0 Å². The number of aromatic hydroxyl groups is 1. The zero-order valence-corrected chi connectivity index (χ0v) is 30.3. The molecule has 0 unspecified atom stereocenters. The third-order valence-electron chi connectivity index (χ3n) is 9.89. The van der Waals surface area contributed by atoms with Crippen molar-refractivity contribution in [2.24, 2.45) is 0 Å². The highest BCUT2D eigenvalue weighted by atomic mass is 16.5. The van der Waals surface area contributed by atoms with E-state index in [2.05, 4.69) is 34.1 Å². The topological polar surface area (TPSA) is 125 Å². The smallest absolute Gasteiger partial charge is 0.260 e. The molecule has 280 valence electrons. The molecule has 2 aliphatic rings. The fourth-order valence-corrected chi connectivity index (χ4v) is 6.87. The van der Waals surface area contributed by atoms with Gasteiger partial charge in [-0.25, -0.2) is 0 Å². The average Bonchev–Trinajstić information content (AvgIpc) is 3.20. The monoisotopic (exact) mass is 732 g/mol. The molecule has 1 N–H and O–H groups in total. The summed E-state index contributed by atoms with van der Waals surface area (Å²) in [5.41, 5.74) is 2.61. The fourth-order valence-electron chi connectivity index (χ4n) is 6.87. The molecule has 0 radical (unpaired) electrons. The summed E-state index contributed by atoms with van der Waals surface area (Å²) in [5, 5.41) is 10.8. The van der Waals surface area contributed by atoms with Gasteiger partial charge in [0.15, 0.2) is 30.1 Å². The average molecular weight is 733 g/mol. The summed E-state index contributed by atoms with van der Waals surface area (Å²) in [6.45, 7) is 6.70. The molecule has 5 aromatic rings. The second-order valence-electron chi connectivity index (χ2n) is 13.5. The van der Waals surface area contributed by atoms with Crippen molar-refractivity contribution in [3.8, 4) is 34.3 Å². The van der Waals surface area contributed by atoms with Gasteiger partial charge in [0.1, 0.15) is 28.2 Å². The van der Waals surface area contributed by atoms with E-state index in [0.717, 1.165) is 39.3 Å². The highest BCUT2D eigenvalue weighted by Gasteiger charge is 2.24. The van der Waals surface area contributed by atoms with E-state index in [1.54, 1.807) is 28.0 Å². The number of phenolic OH excluding ortho intramolecular Hbond substituents is 1. The third-order valence-corrected chi connectivity index (χ3v) is 9.89. The molecule has 7 rings (SSSR count). The second kappa shape index (κ2) is 16.9. The Bertz CT molecular complexity index is 2130. The molecule has 4 aromatic carbocycles. The predicted molar refractivity (Wildman–Crippen MR) is 204 cm³/mol. The maximum Gasteiger partial charge on any atom is 0.260 e. The zero-order valence-electron chi connectivity index (χ0n) is 30.3. The van der Waals surface area contributed by atoms with E-state index in [1.165, 1.54) is 36.4 Å². The molecule has 12 nitrogen and oxygen atoms in total. The number of benzene rings is 4. The van der Waals surface area contributed by atoms with Crippen LogP contribution in [0.15, 0.2) is 106 Å². The third kappa shape index (κ3) is 8.84. The minimum absolute atomic E-state index is 0.00795. The summed E-state index contributed by atoms with van der Waals surface area (Å²) in [5.74, 6) is 0.509. The number of piperazine rings is 2. The van der Waals surface area contributed by atoms with Crippen molar-refractivity contribution in [2.75, 3.05) is 72.7 Å². The summed E-state index contributed by atoms with van der Waals surface area (Å²) in [7, 11) is 1.51. The van der Waals surface area contributed by atoms with Crippen LogP contribution in [0.3, 0.4) is 0 Å². The van der Waals surface area contributed by atoms with Crippen LogP contribution in [0.2, 0.25) is 0 Å². The highest BCUT2D eigenvalue weighted by molar-refractivity contribution is 5.86. The predicted octanol–water partition coefficient (Wildman–Crippen LogP) is 4.62. The molecule has 0 aliphatic carbocycles. The van der Waals surface area contributed by atoms with Gasteiger partial charge in [0.2, 0.25) is 0 Å². The van der Waals surface area contributed by atoms with E-state index >= 15 is 0 Å². The molecule has 2 fully saturated rings. The number of rotatable bonds is 12. The molecule has 3 heterocycles. The van der Waals surface area contributed by atoms with Crippen molar-refractivity contribution in [3.63, 3.8) is 0 Å². The number of amides is 2. The maximum absolute atomic E-state index is 13.2. The van der Waals surface area contributed by atoms with Gasteiger partial charge in [0, 0.05) is 89.2 Å². The minimum Gasteiger partial charge on any atom is -0.507 e. The number of nitrogens with zero attached hydrogens (tertiary/aromatic N) is 4. The number of fused-ring (bicyclic) bond motifs is 1. The molecule has 2 aliphatic heterocycles. The minimum atomic E-state index is -0.459. The van der Waals surface area contributed by atoms with E-state index in [-0.39, 0.29) is 53.3 Å².